The van der Waals surface area contributed by atoms with Gasteiger partial charge in [0.15, 0.2) is 0 Å². The first-order valence-corrected chi connectivity index (χ1v) is 35.3. The topological polar surface area (TPSA) is 180 Å². The van der Waals surface area contributed by atoms with E-state index in [1.807, 2.05) is 145 Å². The number of hydrogen-bond donors (Lipinski definition) is 2. The summed E-state index contributed by atoms with van der Waals surface area (Å²) in [4.78, 5) is 55.4. The molecule has 6 aromatic carbocycles. The van der Waals surface area contributed by atoms with Gasteiger partial charge in [0.25, 0.3) is 0 Å². The zero-order valence-corrected chi connectivity index (χ0v) is 56.3. The fourth-order valence-electron chi connectivity index (χ4n) is 12.1. The minimum atomic E-state index is -4.62. The van der Waals surface area contributed by atoms with Crippen LogP contribution < -0.4 is 20.4 Å². The van der Waals surface area contributed by atoms with Crippen LogP contribution in [0.15, 0.2) is 180 Å². The first-order chi connectivity index (χ1) is 44.6. The van der Waals surface area contributed by atoms with Crippen LogP contribution in [0.1, 0.15) is 97.1 Å². The number of anilines is 4. The Balaban J connectivity index is 0.000000177. The average molecular weight is 1410 g/mol. The van der Waals surface area contributed by atoms with E-state index in [1.165, 1.54) is 20.7 Å². The maximum absolute atomic E-state index is 13.4. The molecule has 1 aliphatic carbocycles. The molecule has 11 rings (SSSR count). The molecule has 4 aliphatic heterocycles. The van der Waals surface area contributed by atoms with E-state index < -0.39 is 55.6 Å². The molecule has 1 saturated carbocycles. The van der Waals surface area contributed by atoms with Crippen LogP contribution in [0.4, 0.5) is 49.1 Å². The van der Waals surface area contributed by atoms with Gasteiger partial charge in [0.05, 0.1) is 37.8 Å². The van der Waals surface area contributed by atoms with Crippen molar-refractivity contribution in [2.45, 2.75) is 149 Å². The highest BCUT2D eigenvalue weighted by molar-refractivity contribution is 9.10. The number of para-hydroxylation sites is 4. The van der Waals surface area contributed by atoms with Gasteiger partial charge in [-0.1, -0.05) is 108 Å². The summed E-state index contributed by atoms with van der Waals surface area (Å²) in [5.41, 5.74) is 1.47. The standard InChI is InChI=1S/C25H30F3N3O3S.C24H28F3N3O3S.C11H13NO.C9H10BrNO/c1-18(2)31(35(33,34)22-10-6-7-19(17-22)25(26,27)28)21-11-14-29(15-12-21)23-13-16-30(24(23)32)20-8-4-3-5-9-20;1-17(23(31)28-19-7-3-2-4-8-19)29-14-12-21(13-15-29)30(20-10-11-20)34(32,33)22-9-5-6-18(16-22)24(25,26)27;1-9-7-8-12(11(9)13)10-5-3-2-4-6-10;1-7(10)9(12)11-8-5-3-2-4-6-8/h3-10,17-18,21,23H,11-16H2,1-2H3;2-9,16-17,20-21H,10-15H2,1H3,(H,28,31);2-6,9H,7-8H2,1H3;2-7H,1H3,(H,11,12). The summed E-state index contributed by atoms with van der Waals surface area (Å²) in [5, 5.41) is 5.64. The van der Waals surface area contributed by atoms with Gasteiger partial charge < -0.3 is 20.4 Å². The van der Waals surface area contributed by atoms with E-state index in [9.17, 15) is 62.4 Å². The number of likely N-dealkylation sites (tertiary alicyclic amines) is 2. The lowest BCUT2D eigenvalue weighted by Crippen LogP contribution is -2.53. The van der Waals surface area contributed by atoms with Gasteiger partial charge >= 0.3 is 12.4 Å². The van der Waals surface area contributed by atoms with Crippen molar-refractivity contribution < 1.29 is 62.4 Å². The number of hydrogen-bond acceptors (Lipinski definition) is 10. The second-order valence-corrected chi connectivity index (χ2v) is 29.3. The predicted molar refractivity (Wildman–Crippen MR) is 356 cm³/mol. The highest BCUT2D eigenvalue weighted by Crippen LogP contribution is 2.40. The number of carbonyl (C=O) groups is 4. The molecule has 16 nitrogen and oxygen atoms in total. The number of nitrogens with one attached hydrogen (secondary N) is 2. The lowest BCUT2D eigenvalue weighted by molar-refractivity contribution is -0.138. The lowest BCUT2D eigenvalue weighted by Gasteiger charge is -2.41. The molecule has 506 valence electrons. The van der Waals surface area contributed by atoms with Crippen LogP contribution in [0.5, 0.6) is 0 Å². The van der Waals surface area contributed by atoms with Gasteiger partial charge in [-0.2, -0.15) is 35.0 Å². The van der Waals surface area contributed by atoms with Crippen LogP contribution >= 0.6 is 15.9 Å². The van der Waals surface area contributed by atoms with Crippen molar-refractivity contribution in [1.82, 2.24) is 18.4 Å². The molecule has 0 spiro atoms. The Labute approximate surface area is 555 Å². The number of rotatable bonds is 16. The van der Waals surface area contributed by atoms with Crippen molar-refractivity contribution in [2.75, 3.05) is 59.7 Å². The summed E-state index contributed by atoms with van der Waals surface area (Å²) >= 11 is 3.19. The number of alkyl halides is 7. The van der Waals surface area contributed by atoms with Crippen molar-refractivity contribution in [2.24, 2.45) is 5.92 Å². The Hall–Kier alpha value is -7.00. The van der Waals surface area contributed by atoms with Crippen LogP contribution in [0.25, 0.3) is 0 Å². The van der Waals surface area contributed by atoms with E-state index in [0.717, 1.165) is 60.4 Å². The number of carbonyl (C=O) groups excluding carboxylic acids is 4. The number of halogens is 7. The van der Waals surface area contributed by atoms with Gasteiger partial charge in [-0.15, -0.1) is 0 Å². The summed E-state index contributed by atoms with van der Waals surface area (Å²) in [6.07, 6.45) is -4.11. The van der Waals surface area contributed by atoms with E-state index in [1.54, 1.807) is 25.7 Å². The highest BCUT2D eigenvalue weighted by Gasteiger charge is 2.46. The maximum atomic E-state index is 13.4. The second kappa shape index (κ2) is 32.2. The lowest BCUT2D eigenvalue weighted by atomic mass is 10.0. The summed E-state index contributed by atoms with van der Waals surface area (Å²) in [7, 11) is -8.21. The van der Waals surface area contributed by atoms with Gasteiger partial charge in [0.1, 0.15) is 0 Å². The van der Waals surface area contributed by atoms with Gasteiger partial charge in [0, 0.05) is 92.1 Å². The predicted octanol–water partition coefficient (Wildman–Crippen LogP) is 13.2. The Morgan fingerprint density at radius 1 is 0.500 bits per heavy atom. The number of nitrogens with zero attached hydrogens (tertiary/aromatic N) is 6. The largest absolute Gasteiger partial charge is 0.416 e. The smallest absolute Gasteiger partial charge is 0.325 e. The molecular weight excluding hydrogens is 1330 g/mol. The van der Waals surface area contributed by atoms with E-state index in [-0.39, 0.29) is 68.3 Å². The zero-order valence-electron chi connectivity index (χ0n) is 53.1. The fourth-order valence-corrected chi connectivity index (χ4v) is 16.1. The second-order valence-electron chi connectivity index (χ2n) is 24.2. The minimum absolute atomic E-state index is 0.0267. The molecule has 5 aliphatic rings. The summed E-state index contributed by atoms with van der Waals surface area (Å²) in [6, 6.07) is 43.9. The van der Waals surface area contributed by atoms with Crippen LogP contribution in [0.2, 0.25) is 0 Å². The zero-order chi connectivity index (χ0) is 68.1. The fraction of sp³-hybridized carbons (Fsp3) is 0.420. The molecule has 5 fully saturated rings. The maximum Gasteiger partial charge on any atom is 0.416 e. The summed E-state index contributed by atoms with van der Waals surface area (Å²) < 4.78 is 135. The molecule has 4 unspecified atom stereocenters. The molecule has 4 saturated heterocycles. The van der Waals surface area contributed by atoms with Gasteiger partial charge in [-0.25, -0.2) is 16.8 Å². The molecule has 4 atom stereocenters. The third-order valence-electron chi connectivity index (χ3n) is 17.2. The van der Waals surface area contributed by atoms with Gasteiger partial charge in [-0.3, -0.25) is 29.0 Å². The Morgan fingerprint density at radius 3 is 1.34 bits per heavy atom. The summed E-state index contributed by atoms with van der Waals surface area (Å²) in [6.45, 7) is 12.7. The number of sulfonamides is 2. The first kappa shape index (κ1) is 72.8. The van der Waals surface area contributed by atoms with Crippen molar-refractivity contribution in [3.63, 3.8) is 0 Å². The van der Waals surface area contributed by atoms with Crippen molar-refractivity contribution in [1.29, 1.82) is 0 Å². The number of piperidine rings is 2. The van der Waals surface area contributed by atoms with E-state index in [4.69, 9.17) is 0 Å². The molecule has 6 aromatic rings. The Morgan fingerprint density at radius 2 is 0.915 bits per heavy atom. The normalized spacial score (nSPS) is 19.4. The molecule has 4 heterocycles. The summed E-state index contributed by atoms with van der Waals surface area (Å²) in [5.74, 6) is 0.333. The average Bonchev–Trinajstić information content (AvgIpc) is 1.40. The number of benzene rings is 6. The molecule has 0 radical (unpaired) electrons. The quantitative estimate of drug-likeness (QED) is 0.0699. The van der Waals surface area contributed by atoms with E-state index >= 15 is 0 Å². The molecule has 0 aromatic heterocycles. The molecule has 94 heavy (non-hydrogen) atoms. The minimum Gasteiger partial charge on any atom is -0.325 e. The SMILES string of the molecule is CC(Br)C(=O)Nc1ccccc1.CC(C(=O)Nc1ccccc1)N1CCC(N(C2CC2)S(=O)(=O)c2cccc(C(F)(F)F)c2)CC1.CC(C)N(C1CCN(C2CCN(c3ccccc3)C2=O)CC1)S(=O)(=O)c1cccc(C(F)(F)F)c1.CC1CCN(c2ccccc2)C1=O. The van der Waals surface area contributed by atoms with Crippen molar-refractivity contribution >= 4 is 82.4 Å². The third kappa shape index (κ3) is 18.9. The van der Waals surface area contributed by atoms with Crippen LogP contribution in [-0.4, -0.2) is 139 Å². The Kier molecular flexibility index (Phi) is 24.9. The van der Waals surface area contributed by atoms with Crippen LogP contribution in [-0.2, 0) is 51.6 Å². The first-order valence-electron chi connectivity index (χ1n) is 31.5. The van der Waals surface area contributed by atoms with Gasteiger partial charge in [-0.05, 0) is 164 Å². The molecule has 25 heteroatoms. The molecule has 4 amide bonds. The highest BCUT2D eigenvalue weighted by atomic mass is 79.9. The number of amides is 4. The molecule has 0 bridgehead atoms. The van der Waals surface area contributed by atoms with Crippen molar-refractivity contribution in [3.8, 4) is 0 Å². The third-order valence-corrected chi connectivity index (χ3v) is 21.7. The Bertz CT molecular complexity index is 3710. The van der Waals surface area contributed by atoms with Crippen LogP contribution in [0.3, 0.4) is 0 Å². The molecular formula is C69H81BrF6N8O8S2. The van der Waals surface area contributed by atoms with E-state index in [0.29, 0.717) is 89.4 Å². The monoisotopic (exact) mass is 1410 g/mol. The molecule has 2 N–H and O–H groups in total. The van der Waals surface area contributed by atoms with Crippen molar-refractivity contribution in [3.05, 3.63) is 181 Å². The van der Waals surface area contributed by atoms with Gasteiger partial charge in [0.2, 0.25) is 43.7 Å². The van der Waals surface area contributed by atoms with E-state index in [2.05, 4.69) is 31.5 Å². The van der Waals surface area contributed by atoms with Crippen LogP contribution in [0, 0.1) is 5.92 Å².